The highest BCUT2D eigenvalue weighted by molar-refractivity contribution is 6.11. The lowest BCUT2D eigenvalue weighted by Crippen LogP contribution is -2.11. The first-order valence-corrected chi connectivity index (χ1v) is 16.3. The van der Waals surface area contributed by atoms with Crippen LogP contribution in [0.25, 0.3) is 55.3 Å². The number of benzene rings is 8. The van der Waals surface area contributed by atoms with Crippen molar-refractivity contribution >= 4 is 27.8 Å². The van der Waals surface area contributed by atoms with Crippen LogP contribution in [0.15, 0.2) is 188 Å². The molecule has 8 aromatic rings. The molecule has 0 amide bonds. The van der Waals surface area contributed by atoms with E-state index >= 15 is 0 Å². The van der Waals surface area contributed by atoms with Crippen molar-refractivity contribution in [2.75, 3.05) is 4.90 Å². The summed E-state index contributed by atoms with van der Waals surface area (Å²) in [6.45, 7) is 0. The quantitative estimate of drug-likeness (QED) is 0.185. The Bertz CT molecular complexity index is 2300. The van der Waals surface area contributed by atoms with Crippen molar-refractivity contribution in [1.82, 2.24) is 0 Å². The molecule has 1 aliphatic rings. The summed E-state index contributed by atoms with van der Waals surface area (Å²) in [5.74, 6) is 1.76. The van der Waals surface area contributed by atoms with Gasteiger partial charge in [-0.2, -0.15) is 0 Å². The summed E-state index contributed by atoms with van der Waals surface area (Å²) in [6.07, 6.45) is 0. The molecule has 1 heterocycles. The second kappa shape index (κ2) is 11.8. The Balaban J connectivity index is 1.20. The van der Waals surface area contributed by atoms with E-state index in [0.717, 1.165) is 44.9 Å². The number of ether oxygens (including phenoxy) is 1. The molecule has 0 N–H and O–H groups in total. The highest BCUT2D eigenvalue weighted by atomic mass is 16.5. The number of fused-ring (bicyclic) bond motifs is 2. The van der Waals surface area contributed by atoms with Gasteiger partial charge in [-0.3, -0.25) is 0 Å². The van der Waals surface area contributed by atoms with E-state index in [4.69, 9.17) is 4.74 Å². The average molecular weight is 614 g/mol. The molecule has 226 valence electrons. The first-order valence-electron chi connectivity index (χ1n) is 16.3. The van der Waals surface area contributed by atoms with Crippen molar-refractivity contribution < 1.29 is 4.74 Å². The average Bonchev–Trinajstić information content (AvgIpc) is 3.17. The molecule has 0 atom stereocenters. The molecule has 0 saturated heterocycles. The summed E-state index contributed by atoms with van der Waals surface area (Å²) in [5.41, 5.74) is 12.7. The molecule has 9 rings (SSSR count). The Morgan fingerprint density at radius 2 is 0.833 bits per heavy atom. The summed E-state index contributed by atoms with van der Waals surface area (Å²) < 4.78 is 6.60. The highest BCUT2D eigenvalue weighted by Gasteiger charge is 2.24. The molecule has 0 fully saturated rings. The highest BCUT2D eigenvalue weighted by Crippen LogP contribution is 2.51. The standard InChI is InChI=1S/C46H31NO/c1-4-11-32(12-5-1)35-19-24-38(25-20-35)47(39-26-21-36(22-27-39)33-13-6-2-7-14-33)43-29-28-40-42-31-37(34-15-8-3-9-16-34)23-30-44(42)48-45-18-10-17-41(43)46(40)45/h1-31H. The van der Waals surface area contributed by atoms with Crippen molar-refractivity contribution in [3.63, 3.8) is 0 Å². The Morgan fingerprint density at radius 3 is 1.40 bits per heavy atom. The van der Waals surface area contributed by atoms with Gasteiger partial charge in [0.25, 0.3) is 0 Å². The molecule has 0 spiro atoms. The van der Waals surface area contributed by atoms with Gasteiger partial charge in [-0.25, -0.2) is 0 Å². The first kappa shape index (κ1) is 27.9. The smallest absolute Gasteiger partial charge is 0.135 e. The minimum atomic E-state index is 0.878. The zero-order chi connectivity index (χ0) is 31.9. The van der Waals surface area contributed by atoms with E-state index in [1.807, 2.05) is 0 Å². The van der Waals surface area contributed by atoms with Gasteiger partial charge in [0.1, 0.15) is 11.5 Å². The number of nitrogens with zero attached hydrogens (tertiary/aromatic N) is 1. The van der Waals surface area contributed by atoms with Crippen molar-refractivity contribution in [1.29, 1.82) is 0 Å². The Hall–Kier alpha value is -6.38. The van der Waals surface area contributed by atoms with Crippen molar-refractivity contribution in [2.24, 2.45) is 0 Å². The normalized spacial score (nSPS) is 11.5. The monoisotopic (exact) mass is 613 g/mol. The van der Waals surface area contributed by atoms with Crippen molar-refractivity contribution in [2.45, 2.75) is 0 Å². The zero-order valence-corrected chi connectivity index (χ0v) is 26.3. The van der Waals surface area contributed by atoms with Gasteiger partial charge in [-0.15, -0.1) is 0 Å². The Morgan fingerprint density at radius 1 is 0.333 bits per heavy atom. The van der Waals surface area contributed by atoms with E-state index in [9.17, 15) is 0 Å². The summed E-state index contributed by atoms with van der Waals surface area (Å²) in [7, 11) is 0. The number of rotatable bonds is 6. The summed E-state index contributed by atoms with van der Waals surface area (Å²) >= 11 is 0. The topological polar surface area (TPSA) is 12.5 Å². The SMILES string of the molecule is c1ccc(-c2ccc(N(c3ccc(-c4ccccc4)cc3)c3ccc4c5c(cccc35)Oc3ccc(-c5ccccc5)cc3-4)cc2)cc1. The number of hydrogen-bond donors (Lipinski definition) is 0. The van der Waals surface area contributed by atoms with Crippen LogP contribution in [0.1, 0.15) is 0 Å². The molecule has 0 radical (unpaired) electrons. The van der Waals surface area contributed by atoms with E-state index in [1.54, 1.807) is 0 Å². The largest absolute Gasteiger partial charge is 0.456 e. The molecular formula is C46H31NO. The molecule has 1 aliphatic heterocycles. The molecule has 0 aromatic heterocycles. The van der Waals surface area contributed by atoms with Crippen LogP contribution in [-0.2, 0) is 0 Å². The molecule has 0 saturated carbocycles. The van der Waals surface area contributed by atoms with Crippen LogP contribution in [-0.4, -0.2) is 0 Å². The van der Waals surface area contributed by atoms with Gasteiger partial charge in [-0.05, 0) is 87.5 Å². The maximum Gasteiger partial charge on any atom is 0.135 e. The van der Waals surface area contributed by atoms with E-state index in [1.165, 1.54) is 38.9 Å². The second-order valence-electron chi connectivity index (χ2n) is 12.2. The van der Waals surface area contributed by atoms with E-state index in [-0.39, 0.29) is 0 Å². The van der Waals surface area contributed by atoms with Gasteiger partial charge < -0.3 is 9.64 Å². The molecule has 48 heavy (non-hydrogen) atoms. The lowest BCUT2D eigenvalue weighted by molar-refractivity contribution is 0.487. The van der Waals surface area contributed by atoms with E-state index < -0.39 is 0 Å². The summed E-state index contributed by atoms with van der Waals surface area (Å²) in [4.78, 5) is 2.36. The Kier molecular flexibility index (Phi) is 6.84. The zero-order valence-electron chi connectivity index (χ0n) is 26.3. The van der Waals surface area contributed by atoms with Crippen LogP contribution in [0.3, 0.4) is 0 Å². The van der Waals surface area contributed by atoms with Crippen LogP contribution >= 0.6 is 0 Å². The van der Waals surface area contributed by atoms with Crippen LogP contribution in [0, 0.1) is 0 Å². The van der Waals surface area contributed by atoms with Crippen LogP contribution in [0.5, 0.6) is 11.5 Å². The van der Waals surface area contributed by atoms with Crippen molar-refractivity contribution in [3.05, 3.63) is 188 Å². The van der Waals surface area contributed by atoms with Crippen LogP contribution in [0.2, 0.25) is 0 Å². The molecule has 0 bridgehead atoms. The minimum Gasteiger partial charge on any atom is -0.456 e. The van der Waals surface area contributed by atoms with Gasteiger partial charge >= 0.3 is 0 Å². The third-order valence-electron chi connectivity index (χ3n) is 9.28. The fourth-order valence-electron chi connectivity index (χ4n) is 6.91. The maximum absolute atomic E-state index is 6.60. The second-order valence-corrected chi connectivity index (χ2v) is 12.2. The molecule has 0 unspecified atom stereocenters. The van der Waals surface area contributed by atoms with E-state index in [2.05, 4.69) is 193 Å². The predicted molar refractivity (Wildman–Crippen MR) is 200 cm³/mol. The van der Waals surface area contributed by atoms with Crippen LogP contribution in [0.4, 0.5) is 17.1 Å². The third-order valence-corrected chi connectivity index (χ3v) is 9.28. The van der Waals surface area contributed by atoms with Gasteiger partial charge in [0.05, 0.1) is 5.69 Å². The lowest BCUT2D eigenvalue weighted by atomic mass is 9.91. The molecule has 2 heteroatoms. The fourth-order valence-corrected chi connectivity index (χ4v) is 6.91. The molecule has 8 aromatic carbocycles. The summed E-state index contributed by atoms with van der Waals surface area (Å²) in [5, 5.41) is 2.26. The van der Waals surface area contributed by atoms with Gasteiger partial charge in [0.15, 0.2) is 0 Å². The fraction of sp³-hybridized carbons (Fsp3) is 0. The summed E-state index contributed by atoms with van der Waals surface area (Å²) in [6, 6.07) is 66.8. The lowest BCUT2D eigenvalue weighted by Gasteiger charge is -2.29. The number of anilines is 3. The Labute approximate surface area is 280 Å². The number of hydrogen-bond acceptors (Lipinski definition) is 2. The molecule has 2 nitrogen and oxygen atoms in total. The van der Waals surface area contributed by atoms with Gasteiger partial charge in [0, 0.05) is 27.7 Å². The first-order chi connectivity index (χ1) is 23.8. The van der Waals surface area contributed by atoms with Crippen LogP contribution < -0.4 is 9.64 Å². The van der Waals surface area contributed by atoms with Gasteiger partial charge in [0.2, 0.25) is 0 Å². The minimum absolute atomic E-state index is 0.878. The van der Waals surface area contributed by atoms with E-state index in [0.29, 0.717) is 0 Å². The van der Waals surface area contributed by atoms with Gasteiger partial charge in [-0.1, -0.05) is 140 Å². The molecule has 0 aliphatic carbocycles. The maximum atomic E-state index is 6.60. The van der Waals surface area contributed by atoms with Crippen molar-refractivity contribution in [3.8, 4) is 56.0 Å². The third kappa shape index (κ3) is 4.92. The predicted octanol–water partition coefficient (Wildman–Crippen LogP) is 13.1. The molecular weight excluding hydrogens is 583 g/mol.